The summed E-state index contributed by atoms with van der Waals surface area (Å²) in [5.74, 6) is 0. The summed E-state index contributed by atoms with van der Waals surface area (Å²) in [6.45, 7) is 4.59. The van der Waals surface area contributed by atoms with Gasteiger partial charge in [-0.1, -0.05) is 159 Å². The van der Waals surface area contributed by atoms with Crippen LogP contribution < -0.4 is 0 Å². The first kappa shape index (κ1) is 33.9. The molecular weight excluding hydrogens is 717 g/mol. The minimum Gasteiger partial charge on any atom is -0.456 e. The van der Waals surface area contributed by atoms with Crippen LogP contribution in [0.4, 0.5) is 0 Å². The molecule has 0 spiro atoms. The normalized spacial score (nSPS) is 15.3. The maximum atomic E-state index is 6.52. The van der Waals surface area contributed by atoms with E-state index in [2.05, 4.69) is 194 Å². The molecule has 0 fully saturated rings. The van der Waals surface area contributed by atoms with Gasteiger partial charge in [-0.15, -0.1) is 0 Å². The van der Waals surface area contributed by atoms with E-state index in [9.17, 15) is 0 Å². The van der Waals surface area contributed by atoms with Crippen molar-refractivity contribution in [2.24, 2.45) is 4.99 Å². The van der Waals surface area contributed by atoms with Crippen molar-refractivity contribution in [1.29, 1.82) is 0 Å². The van der Waals surface area contributed by atoms with E-state index in [4.69, 9.17) is 9.41 Å². The van der Waals surface area contributed by atoms with Gasteiger partial charge >= 0.3 is 0 Å². The summed E-state index contributed by atoms with van der Waals surface area (Å²) in [6, 6.07) is 66.4. The van der Waals surface area contributed by atoms with Crippen molar-refractivity contribution in [3.05, 3.63) is 210 Å². The number of fused-ring (bicyclic) bond motifs is 8. The molecule has 9 aromatic carbocycles. The third-order valence-corrected chi connectivity index (χ3v) is 12.8. The van der Waals surface area contributed by atoms with Gasteiger partial charge in [-0.3, -0.25) is 4.99 Å². The molecule has 280 valence electrons. The van der Waals surface area contributed by atoms with E-state index in [-0.39, 0.29) is 0 Å². The standard InChI is InChI=1S/C56H40N2O/c1-3-15-36-16-7-9-22-43(36)54-35(2)41(30-31-50(54)58-49-26-12-10-23-44(49)47-32-38-18-4-5-19-39(38)33-51(47)58)55-56(57-55,48-25-14-20-37-17-6-8-21-42(37)48)40-28-29-46-45-24-11-13-27-52(45)59-53(46)34-40/h4-14,16-34H,3,15H2,1-2H3. The average molecular weight is 757 g/mol. The van der Waals surface area contributed by atoms with Gasteiger partial charge in [0.25, 0.3) is 0 Å². The Hall–Kier alpha value is -7.23. The molecular formula is C56H40N2O. The van der Waals surface area contributed by atoms with Crippen molar-refractivity contribution in [2.75, 3.05) is 0 Å². The molecule has 0 saturated carbocycles. The minimum atomic E-state index is -0.688. The van der Waals surface area contributed by atoms with Crippen LogP contribution in [0.25, 0.3) is 82.1 Å². The number of nitrogens with zero attached hydrogens (tertiary/aromatic N) is 2. The molecule has 59 heavy (non-hydrogen) atoms. The van der Waals surface area contributed by atoms with Gasteiger partial charge in [-0.25, -0.2) is 0 Å². The number of aromatic nitrogens is 1. The first-order chi connectivity index (χ1) is 29.1. The van der Waals surface area contributed by atoms with E-state index in [0.29, 0.717) is 0 Å². The summed E-state index contributed by atoms with van der Waals surface area (Å²) in [5, 5.41) is 9.66. The second-order valence-electron chi connectivity index (χ2n) is 16.1. The molecule has 11 aromatic rings. The lowest BCUT2D eigenvalue weighted by Crippen LogP contribution is -2.20. The molecule has 1 aliphatic heterocycles. The van der Waals surface area contributed by atoms with E-state index in [1.165, 1.54) is 82.4 Å². The number of aryl methyl sites for hydroxylation is 1. The summed E-state index contributed by atoms with van der Waals surface area (Å²) in [6.07, 6.45) is 2.06. The summed E-state index contributed by atoms with van der Waals surface area (Å²) in [7, 11) is 0. The Kier molecular flexibility index (Phi) is 7.40. The van der Waals surface area contributed by atoms with Gasteiger partial charge in [0, 0.05) is 32.7 Å². The SMILES string of the molecule is CCCc1ccccc1-c1c(-n2c3ccccc3c3cc4ccccc4cc32)ccc(C2=NC2(c2ccc3c(c2)oc2ccccc23)c2cccc3ccccc23)c1C. The van der Waals surface area contributed by atoms with Crippen molar-refractivity contribution >= 4 is 71.0 Å². The predicted octanol–water partition coefficient (Wildman–Crippen LogP) is 14.7. The zero-order chi connectivity index (χ0) is 39.2. The van der Waals surface area contributed by atoms with E-state index in [1.54, 1.807) is 0 Å². The van der Waals surface area contributed by atoms with E-state index < -0.39 is 5.54 Å². The smallest absolute Gasteiger partial charge is 0.154 e. The van der Waals surface area contributed by atoms with Crippen LogP contribution in [0.15, 0.2) is 191 Å². The molecule has 3 nitrogen and oxygen atoms in total. The molecule has 2 aromatic heterocycles. The second kappa shape index (κ2) is 12.9. The molecule has 0 radical (unpaired) electrons. The molecule has 3 heteroatoms. The van der Waals surface area contributed by atoms with Crippen molar-refractivity contribution in [3.63, 3.8) is 0 Å². The molecule has 0 amide bonds. The van der Waals surface area contributed by atoms with Gasteiger partial charge < -0.3 is 8.98 Å². The molecule has 1 atom stereocenters. The average Bonchev–Trinajstić information content (AvgIpc) is 3.79. The summed E-state index contributed by atoms with van der Waals surface area (Å²) in [4.78, 5) is 5.66. The Morgan fingerprint density at radius 3 is 2.08 bits per heavy atom. The highest BCUT2D eigenvalue weighted by molar-refractivity contribution is 6.23. The van der Waals surface area contributed by atoms with E-state index in [1.807, 2.05) is 6.07 Å². The maximum Gasteiger partial charge on any atom is 0.154 e. The van der Waals surface area contributed by atoms with Gasteiger partial charge in [-0.2, -0.15) is 0 Å². The summed E-state index contributed by atoms with van der Waals surface area (Å²) in [5.41, 5.74) is 14.3. The molecule has 0 aliphatic carbocycles. The number of hydrogen-bond acceptors (Lipinski definition) is 2. The second-order valence-corrected chi connectivity index (χ2v) is 16.1. The van der Waals surface area contributed by atoms with Crippen LogP contribution in [-0.4, -0.2) is 10.3 Å². The fraction of sp³-hybridized carbons (Fsp3) is 0.0893. The van der Waals surface area contributed by atoms with Crippen molar-refractivity contribution in [1.82, 2.24) is 4.57 Å². The lowest BCUT2D eigenvalue weighted by Gasteiger charge is -2.23. The number of para-hydroxylation sites is 2. The predicted molar refractivity (Wildman–Crippen MR) is 247 cm³/mol. The highest BCUT2D eigenvalue weighted by Gasteiger charge is 2.52. The van der Waals surface area contributed by atoms with Crippen molar-refractivity contribution in [3.8, 4) is 16.8 Å². The number of rotatable bonds is 7. The van der Waals surface area contributed by atoms with Gasteiger partial charge in [0.1, 0.15) is 11.2 Å². The minimum absolute atomic E-state index is 0.688. The van der Waals surface area contributed by atoms with Crippen LogP contribution in [0.5, 0.6) is 0 Å². The van der Waals surface area contributed by atoms with E-state index in [0.717, 1.165) is 46.1 Å². The third-order valence-electron chi connectivity index (χ3n) is 12.8. The highest BCUT2D eigenvalue weighted by atomic mass is 16.3. The molecule has 0 bridgehead atoms. The van der Waals surface area contributed by atoms with Crippen molar-refractivity contribution in [2.45, 2.75) is 32.2 Å². The number of furan rings is 1. The first-order valence-electron chi connectivity index (χ1n) is 20.8. The molecule has 0 N–H and O–H groups in total. The fourth-order valence-electron chi connectivity index (χ4n) is 10.1. The number of hydrogen-bond donors (Lipinski definition) is 0. The van der Waals surface area contributed by atoms with Crippen LogP contribution in [-0.2, 0) is 12.0 Å². The molecule has 1 aliphatic rings. The maximum absolute atomic E-state index is 6.52. The van der Waals surface area contributed by atoms with Crippen LogP contribution in [0.1, 0.15) is 41.2 Å². The summed E-state index contributed by atoms with van der Waals surface area (Å²) >= 11 is 0. The van der Waals surface area contributed by atoms with Gasteiger partial charge in [0.15, 0.2) is 5.54 Å². The van der Waals surface area contributed by atoms with E-state index >= 15 is 0 Å². The van der Waals surface area contributed by atoms with Crippen LogP contribution in [0.3, 0.4) is 0 Å². The zero-order valence-electron chi connectivity index (χ0n) is 33.0. The van der Waals surface area contributed by atoms with Crippen LogP contribution in [0.2, 0.25) is 0 Å². The zero-order valence-corrected chi connectivity index (χ0v) is 33.0. The Morgan fingerprint density at radius 1 is 0.525 bits per heavy atom. The van der Waals surface area contributed by atoms with Crippen molar-refractivity contribution < 1.29 is 4.42 Å². The lowest BCUT2D eigenvalue weighted by atomic mass is 9.79. The largest absolute Gasteiger partial charge is 0.456 e. The summed E-state index contributed by atoms with van der Waals surface area (Å²) < 4.78 is 9.03. The molecule has 3 heterocycles. The quantitative estimate of drug-likeness (QED) is 0.159. The molecule has 1 unspecified atom stereocenters. The van der Waals surface area contributed by atoms with Crippen LogP contribution in [0, 0.1) is 6.92 Å². The molecule has 12 rings (SSSR count). The molecule has 0 saturated heterocycles. The highest BCUT2D eigenvalue weighted by Crippen LogP contribution is 2.53. The number of aliphatic imine (C=N–C) groups is 1. The first-order valence-corrected chi connectivity index (χ1v) is 20.8. The Labute approximate surface area is 342 Å². The Balaban J connectivity index is 1.13. The third kappa shape index (κ3) is 4.98. The Morgan fingerprint density at radius 2 is 1.22 bits per heavy atom. The van der Waals surface area contributed by atoms with Gasteiger partial charge in [-0.05, 0) is 99.1 Å². The van der Waals surface area contributed by atoms with Crippen LogP contribution >= 0.6 is 0 Å². The van der Waals surface area contributed by atoms with Gasteiger partial charge in [0.2, 0.25) is 0 Å². The Bertz CT molecular complexity index is 3540. The monoisotopic (exact) mass is 756 g/mol. The lowest BCUT2D eigenvalue weighted by molar-refractivity contribution is 0.667. The number of benzene rings is 9. The topological polar surface area (TPSA) is 30.4 Å². The van der Waals surface area contributed by atoms with Gasteiger partial charge in [0.05, 0.1) is 22.4 Å². The fourth-order valence-corrected chi connectivity index (χ4v) is 10.1.